The fraction of sp³-hybridized carbons (Fsp3) is 0.238. The Bertz CT molecular complexity index is 1140. The van der Waals surface area contributed by atoms with E-state index in [1.807, 2.05) is 0 Å². The van der Waals surface area contributed by atoms with Gasteiger partial charge in [-0.25, -0.2) is 23.4 Å². The SMILES string of the molecule is CCN(NC(=O)c1cc(F)cc(C(F)(F)F)c1)C(=O)N[C@H](C)c1ccc(C(=O)O)cc1F.O=C(Cl)Cl. The molecular formula is C21H18Cl2F5N3O5. The van der Waals surface area contributed by atoms with Crippen molar-refractivity contribution in [3.05, 3.63) is 70.3 Å². The number of carbonyl (C=O) groups is 4. The molecule has 0 heterocycles. The van der Waals surface area contributed by atoms with Gasteiger partial charge in [-0.05, 0) is 67.4 Å². The molecule has 0 saturated carbocycles. The second-order valence-corrected chi connectivity index (χ2v) is 7.73. The van der Waals surface area contributed by atoms with Gasteiger partial charge in [0, 0.05) is 17.7 Å². The van der Waals surface area contributed by atoms with E-state index in [0.29, 0.717) is 17.1 Å². The van der Waals surface area contributed by atoms with Crippen LogP contribution in [0.2, 0.25) is 0 Å². The molecule has 0 aliphatic carbocycles. The summed E-state index contributed by atoms with van der Waals surface area (Å²) in [6.07, 6.45) is -4.88. The molecule has 0 bridgehead atoms. The quantitative estimate of drug-likeness (QED) is 0.247. The van der Waals surface area contributed by atoms with Gasteiger partial charge in [0.25, 0.3) is 5.91 Å². The third-order valence-electron chi connectivity index (χ3n) is 4.34. The number of aromatic carboxylic acids is 1. The lowest BCUT2D eigenvalue weighted by molar-refractivity contribution is -0.137. The highest BCUT2D eigenvalue weighted by Gasteiger charge is 2.32. The first-order valence-electron chi connectivity index (χ1n) is 9.71. The summed E-state index contributed by atoms with van der Waals surface area (Å²) >= 11 is 8.80. The van der Waals surface area contributed by atoms with Crippen LogP contribution < -0.4 is 10.7 Å². The Labute approximate surface area is 210 Å². The van der Waals surface area contributed by atoms with E-state index >= 15 is 0 Å². The molecule has 0 unspecified atom stereocenters. The van der Waals surface area contributed by atoms with Crippen LogP contribution in [0.15, 0.2) is 36.4 Å². The van der Waals surface area contributed by atoms with Crippen molar-refractivity contribution in [2.75, 3.05) is 6.54 Å². The average Bonchev–Trinajstić information content (AvgIpc) is 2.75. The lowest BCUT2D eigenvalue weighted by atomic mass is 10.1. The maximum atomic E-state index is 14.2. The van der Waals surface area contributed by atoms with E-state index in [-0.39, 0.29) is 23.7 Å². The van der Waals surface area contributed by atoms with Crippen molar-refractivity contribution in [3.63, 3.8) is 0 Å². The lowest BCUT2D eigenvalue weighted by Gasteiger charge is -2.25. The number of alkyl halides is 3. The van der Waals surface area contributed by atoms with Crippen LogP contribution in [0.3, 0.4) is 0 Å². The Morgan fingerprint density at radius 3 is 2.08 bits per heavy atom. The third-order valence-corrected chi connectivity index (χ3v) is 4.34. The average molecular weight is 558 g/mol. The molecule has 0 saturated heterocycles. The minimum Gasteiger partial charge on any atom is -0.478 e. The van der Waals surface area contributed by atoms with Gasteiger partial charge >= 0.3 is 22.9 Å². The van der Waals surface area contributed by atoms with E-state index < -0.39 is 57.6 Å². The van der Waals surface area contributed by atoms with Crippen LogP contribution in [0, 0.1) is 11.6 Å². The van der Waals surface area contributed by atoms with Gasteiger partial charge in [-0.2, -0.15) is 13.2 Å². The van der Waals surface area contributed by atoms with Crippen LogP contribution >= 0.6 is 23.2 Å². The fourth-order valence-corrected chi connectivity index (χ4v) is 2.70. The number of hydrogen-bond acceptors (Lipinski definition) is 4. The van der Waals surface area contributed by atoms with Gasteiger partial charge in [0.2, 0.25) is 0 Å². The van der Waals surface area contributed by atoms with Crippen LogP contribution in [0.4, 0.5) is 31.5 Å². The molecule has 8 nitrogen and oxygen atoms in total. The summed E-state index contributed by atoms with van der Waals surface area (Å²) in [5.74, 6) is -4.68. The summed E-state index contributed by atoms with van der Waals surface area (Å²) in [5, 5.41) is 12.0. The number of carboxylic acids is 1. The normalized spacial score (nSPS) is 11.5. The second kappa shape index (κ2) is 13.0. The minimum absolute atomic E-state index is 0.0364. The highest BCUT2D eigenvalue weighted by molar-refractivity contribution is 6.93. The monoisotopic (exact) mass is 557 g/mol. The first-order valence-corrected chi connectivity index (χ1v) is 10.5. The number of urea groups is 1. The number of nitrogens with zero attached hydrogens (tertiary/aromatic N) is 1. The summed E-state index contributed by atoms with van der Waals surface area (Å²) in [7, 11) is 0. The van der Waals surface area contributed by atoms with E-state index in [2.05, 4.69) is 33.9 Å². The van der Waals surface area contributed by atoms with E-state index in [0.717, 1.165) is 12.1 Å². The molecule has 0 radical (unpaired) electrons. The largest absolute Gasteiger partial charge is 0.478 e. The molecule has 0 spiro atoms. The van der Waals surface area contributed by atoms with Gasteiger partial charge < -0.3 is 10.4 Å². The summed E-state index contributed by atoms with van der Waals surface area (Å²) in [5.41, 5.74) is -0.298. The first-order chi connectivity index (χ1) is 16.6. The first kappa shape index (κ1) is 30.6. The molecule has 0 aliphatic rings. The Kier molecular flexibility index (Phi) is 11.1. The summed E-state index contributed by atoms with van der Waals surface area (Å²) in [6, 6.07) is 2.46. The van der Waals surface area contributed by atoms with E-state index in [1.54, 1.807) is 0 Å². The number of rotatable bonds is 5. The number of hydrazine groups is 1. The molecule has 2 aromatic carbocycles. The lowest BCUT2D eigenvalue weighted by Crippen LogP contribution is -2.51. The third kappa shape index (κ3) is 9.30. The van der Waals surface area contributed by atoms with Gasteiger partial charge in [0.15, 0.2) is 0 Å². The number of carboxylic acid groups (broad SMARTS) is 1. The Balaban J connectivity index is 0.00000150. The number of amides is 3. The molecule has 36 heavy (non-hydrogen) atoms. The van der Waals surface area contributed by atoms with Crippen LogP contribution in [0.1, 0.15) is 51.7 Å². The van der Waals surface area contributed by atoms with Gasteiger partial charge in [-0.3, -0.25) is 15.0 Å². The van der Waals surface area contributed by atoms with Crippen molar-refractivity contribution < 1.29 is 46.2 Å². The van der Waals surface area contributed by atoms with Crippen LogP contribution in [0.25, 0.3) is 0 Å². The smallest absolute Gasteiger partial charge is 0.416 e. The van der Waals surface area contributed by atoms with E-state index in [1.165, 1.54) is 19.9 Å². The van der Waals surface area contributed by atoms with Crippen molar-refractivity contribution in [3.8, 4) is 0 Å². The Morgan fingerprint density at radius 2 is 1.61 bits per heavy atom. The molecule has 3 N–H and O–H groups in total. The molecule has 0 aromatic heterocycles. The number of hydrogen-bond donors (Lipinski definition) is 3. The van der Waals surface area contributed by atoms with E-state index in [9.17, 15) is 36.3 Å². The standard InChI is InChI=1S/C20H18F5N3O4.CCl2O/c1-3-28(27-17(29)12-6-13(20(23,24)25)9-14(21)7-12)19(32)26-10(2)15-5-4-11(18(30)31)8-16(15)22;2-1(3)4/h4-10H,3H2,1-2H3,(H,26,32)(H,27,29)(H,30,31);/t10-;/m1./s1. The predicted molar refractivity (Wildman–Crippen MR) is 119 cm³/mol. The van der Waals surface area contributed by atoms with E-state index in [4.69, 9.17) is 9.90 Å². The van der Waals surface area contributed by atoms with Crippen molar-refractivity contribution in [2.45, 2.75) is 26.1 Å². The van der Waals surface area contributed by atoms with Crippen molar-refractivity contribution in [1.29, 1.82) is 0 Å². The number of carbonyl (C=O) groups excluding carboxylic acids is 3. The number of benzene rings is 2. The fourth-order valence-electron chi connectivity index (χ4n) is 2.70. The van der Waals surface area contributed by atoms with Gasteiger partial charge in [0.1, 0.15) is 11.6 Å². The van der Waals surface area contributed by atoms with Crippen molar-refractivity contribution >= 4 is 45.8 Å². The minimum atomic E-state index is -4.88. The summed E-state index contributed by atoms with van der Waals surface area (Å²) < 4.78 is 65.3. The molecule has 3 amide bonds. The summed E-state index contributed by atoms with van der Waals surface area (Å²) in [6.45, 7) is 2.71. The van der Waals surface area contributed by atoms with Gasteiger partial charge in [-0.15, -0.1) is 0 Å². The van der Waals surface area contributed by atoms with Gasteiger partial charge in [-0.1, -0.05) is 6.07 Å². The number of halogens is 7. The molecule has 2 aromatic rings. The molecule has 0 aliphatic heterocycles. The Morgan fingerprint density at radius 1 is 1.03 bits per heavy atom. The molecule has 196 valence electrons. The second-order valence-electron chi connectivity index (χ2n) is 6.85. The number of nitrogens with one attached hydrogen (secondary N) is 2. The maximum Gasteiger partial charge on any atom is 0.416 e. The molecule has 15 heteroatoms. The van der Waals surface area contributed by atoms with Crippen molar-refractivity contribution in [2.24, 2.45) is 0 Å². The molecular weight excluding hydrogens is 540 g/mol. The zero-order chi connectivity index (χ0) is 27.8. The van der Waals surface area contributed by atoms with Crippen LogP contribution in [0.5, 0.6) is 0 Å². The van der Waals surface area contributed by atoms with Gasteiger partial charge in [0.05, 0.1) is 17.2 Å². The maximum absolute atomic E-state index is 14.2. The molecule has 1 atom stereocenters. The zero-order valence-electron chi connectivity index (χ0n) is 18.4. The summed E-state index contributed by atoms with van der Waals surface area (Å²) in [4.78, 5) is 44.6. The molecule has 0 fully saturated rings. The highest BCUT2D eigenvalue weighted by Crippen LogP contribution is 2.30. The van der Waals surface area contributed by atoms with Crippen LogP contribution in [-0.4, -0.2) is 39.3 Å². The van der Waals surface area contributed by atoms with Crippen LogP contribution in [-0.2, 0) is 6.18 Å². The topological polar surface area (TPSA) is 116 Å². The predicted octanol–water partition coefficient (Wildman–Crippen LogP) is 5.70. The molecule has 2 rings (SSSR count). The van der Waals surface area contributed by atoms with Crippen molar-refractivity contribution in [1.82, 2.24) is 15.8 Å². The zero-order valence-corrected chi connectivity index (χ0v) is 19.9. The Hall–Kier alpha value is -3.45. The highest BCUT2D eigenvalue weighted by atomic mass is 35.5.